The van der Waals surface area contributed by atoms with E-state index in [0.29, 0.717) is 11.3 Å². The Morgan fingerprint density at radius 3 is 2.62 bits per heavy atom. The first-order valence-electron chi connectivity index (χ1n) is 4.88. The summed E-state index contributed by atoms with van der Waals surface area (Å²) >= 11 is 1.49. The highest BCUT2D eigenvalue weighted by atomic mass is 32.2. The SMILES string of the molecule is CCSCC(O)c1cccc(C(F)(F)F)c1. The first-order valence-corrected chi connectivity index (χ1v) is 6.03. The molecular weight excluding hydrogens is 237 g/mol. The van der Waals surface area contributed by atoms with Gasteiger partial charge in [0.15, 0.2) is 0 Å². The van der Waals surface area contributed by atoms with E-state index in [9.17, 15) is 18.3 Å². The van der Waals surface area contributed by atoms with Gasteiger partial charge in [0, 0.05) is 5.75 Å². The largest absolute Gasteiger partial charge is 0.416 e. The molecule has 5 heteroatoms. The quantitative estimate of drug-likeness (QED) is 0.882. The van der Waals surface area contributed by atoms with Crippen LogP contribution in [0.3, 0.4) is 0 Å². The molecule has 1 unspecified atom stereocenters. The van der Waals surface area contributed by atoms with Gasteiger partial charge in [-0.1, -0.05) is 19.1 Å². The van der Waals surface area contributed by atoms with Crippen molar-refractivity contribution in [3.63, 3.8) is 0 Å². The normalized spacial score (nSPS) is 13.8. The predicted molar refractivity (Wildman–Crippen MR) is 59.4 cm³/mol. The lowest BCUT2D eigenvalue weighted by Crippen LogP contribution is -2.07. The number of benzene rings is 1. The number of aliphatic hydroxyl groups excluding tert-OH is 1. The molecule has 0 amide bonds. The van der Waals surface area contributed by atoms with E-state index in [-0.39, 0.29) is 0 Å². The highest BCUT2D eigenvalue weighted by molar-refractivity contribution is 7.99. The van der Waals surface area contributed by atoms with Crippen molar-refractivity contribution in [1.29, 1.82) is 0 Å². The molecule has 0 spiro atoms. The fourth-order valence-electron chi connectivity index (χ4n) is 1.25. The molecule has 0 aliphatic heterocycles. The van der Waals surface area contributed by atoms with Crippen LogP contribution in [0.1, 0.15) is 24.2 Å². The topological polar surface area (TPSA) is 20.2 Å². The molecular formula is C11H13F3OS. The van der Waals surface area contributed by atoms with Crippen LogP contribution >= 0.6 is 11.8 Å². The third-order valence-electron chi connectivity index (χ3n) is 2.08. The molecule has 1 aromatic rings. The van der Waals surface area contributed by atoms with Crippen molar-refractivity contribution >= 4 is 11.8 Å². The lowest BCUT2D eigenvalue weighted by Gasteiger charge is -2.13. The third kappa shape index (κ3) is 3.72. The number of hydrogen-bond donors (Lipinski definition) is 1. The summed E-state index contributed by atoms with van der Waals surface area (Å²) in [7, 11) is 0. The maximum Gasteiger partial charge on any atom is 0.416 e. The number of thioether (sulfide) groups is 1. The summed E-state index contributed by atoms with van der Waals surface area (Å²) in [5.41, 5.74) is -0.402. The minimum Gasteiger partial charge on any atom is -0.388 e. The van der Waals surface area contributed by atoms with Crippen LogP contribution < -0.4 is 0 Å². The van der Waals surface area contributed by atoms with Crippen LogP contribution in [0.15, 0.2) is 24.3 Å². The Morgan fingerprint density at radius 2 is 2.06 bits per heavy atom. The molecule has 16 heavy (non-hydrogen) atoms. The maximum absolute atomic E-state index is 12.4. The monoisotopic (exact) mass is 250 g/mol. The van der Waals surface area contributed by atoms with Crippen molar-refractivity contribution in [3.8, 4) is 0 Å². The Labute approximate surface area is 96.7 Å². The average molecular weight is 250 g/mol. The zero-order valence-corrected chi connectivity index (χ0v) is 9.61. The maximum atomic E-state index is 12.4. The molecule has 0 heterocycles. The first kappa shape index (κ1) is 13.4. The summed E-state index contributed by atoms with van der Waals surface area (Å²) in [6.07, 6.45) is -5.19. The lowest BCUT2D eigenvalue weighted by molar-refractivity contribution is -0.137. The summed E-state index contributed by atoms with van der Waals surface area (Å²) in [6.45, 7) is 1.93. The van der Waals surface area contributed by atoms with Gasteiger partial charge in [-0.15, -0.1) is 0 Å². The van der Waals surface area contributed by atoms with Crippen LogP contribution in [-0.2, 0) is 6.18 Å². The summed E-state index contributed by atoms with van der Waals surface area (Å²) in [4.78, 5) is 0. The highest BCUT2D eigenvalue weighted by Crippen LogP contribution is 2.31. The van der Waals surface area contributed by atoms with Gasteiger partial charge in [0.1, 0.15) is 0 Å². The first-order chi connectivity index (χ1) is 7.45. The molecule has 0 radical (unpaired) electrons. The van der Waals surface area contributed by atoms with E-state index in [4.69, 9.17) is 0 Å². The summed E-state index contributed by atoms with van der Waals surface area (Å²) in [5, 5.41) is 9.65. The summed E-state index contributed by atoms with van der Waals surface area (Å²) in [6, 6.07) is 4.83. The van der Waals surface area contributed by atoms with E-state index >= 15 is 0 Å². The number of rotatable bonds is 4. The van der Waals surface area contributed by atoms with Gasteiger partial charge in [0.25, 0.3) is 0 Å². The molecule has 0 saturated heterocycles. The Bertz CT molecular complexity index is 338. The van der Waals surface area contributed by atoms with Crippen molar-refractivity contribution in [2.75, 3.05) is 11.5 Å². The van der Waals surface area contributed by atoms with E-state index < -0.39 is 17.8 Å². The van der Waals surface area contributed by atoms with Gasteiger partial charge in [0.05, 0.1) is 11.7 Å². The third-order valence-corrected chi connectivity index (χ3v) is 3.04. The van der Waals surface area contributed by atoms with Crippen molar-refractivity contribution < 1.29 is 18.3 Å². The second-order valence-electron chi connectivity index (χ2n) is 3.30. The number of alkyl halides is 3. The van der Waals surface area contributed by atoms with Crippen LogP contribution in [0.2, 0.25) is 0 Å². The van der Waals surface area contributed by atoms with Gasteiger partial charge >= 0.3 is 6.18 Å². The van der Waals surface area contributed by atoms with Crippen LogP contribution in [0.25, 0.3) is 0 Å². The van der Waals surface area contributed by atoms with E-state index in [1.807, 2.05) is 6.92 Å². The molecule has 90 valence electrons. The van der Waals surface area contributed by atoms with Gasteiger partial charge in [-0.3, -0.25) is 0 Å². The average Bonchev–Trinajstić information content (AvgIpc) is 2.25. The Balaban J connectivity index is 2.82. The Hall–Kier alpha value is -0.680. The lowest BCUT2D eigenvalue weighted by atomic mass is 10.1. The van der Waals surface area contributed by atoms with Gasteiger partial charge in [-0.05, 0) is 23.4 Å². The van der Waals surface area contributed by atoms with Crippen molar-refractivity contribution in [3.05, 3.63) is 35.4 Å². The van der Waals surface area contributed by atoms with Crippen molar-refractivity contribution in [2.45, 2.75) is 19.2 Å². The van der Waals surface area contributed by atoms with E-state index in [1.165, 1.54) is 23.9 Å². The molecule has 0 aliphatic rings. The molecule has 1 nitrogen and oxygen atoms in total. The van der Waals surface area contributed by atoms with Gasteiger partial charge in [-0.2, -0.15) is 24.9 Å². The second-order valence-corrected chi connectivity index (χ2v) is 4.62. The van der Waals surface area contributed by atoms with Gasteiger partial charge in [0.2, 0.25) is 0 Å². The van der Waals surface area contributed by atoms with E-state index in [1.54, 1.807) is 0 Å². The fourth-order valence-corrected chi connectivity index (χ4v) is 1.90. The van der Waals surface area contributed by atoms with Crippen molar-refractivity contribution in [2.24, 2.45) is 0 Å². The van der Waals surface area contributed by atoms with E-state index in [2.05, 4.69) is 0 Å². The Morgan fingerprint density at radius 1 is 1.38 bits per heavy atom. The zero-order chi connectivity index (χ0) is 12.2. The zero-order valence-electron chi connectivity index (χ0n) is 8.79. The molecule has 0 fully saturated rings. The van der Waals surface area contributed by atoms with Crippen LogP contribution in [0.5, 0.6) is 0 Å². The Kier molecular flexibility index (Phi) is 4.68. The number of halogens is 3. The molecule has 1 N–H and O–H groups in total. The van der Waals surface area contributed by atoms with Crippen LogP contribution in [0.4, 0.5) is 13.2 Å². The second kappa shape index (κ2) is 5.59. The molecule has 1 atom stereocenters. The van der Waals surface area contributed by atoms with Crippen LogP contribution in [0, 0.1) is 0 Å². The van der Waals surface area contributed by atoms with Crippen molar-refractivity contribution in [1.82, 2.24) is 0 Å². The van der Waals surface area contributed by atoms with E-state index in [0.717, 1.165) is 17.9 Å². The minimum atomic E-state index is -4.35. The minimum absolute atomic E-state index is 0.316. The highest BCUT2D eigenvalue weighted by Gasteiger charge is 2.30. The molecule has 0 bridgehead atoms. The number of aliphatic hydroxyl groups is 1. The fraction of sp³-hybridized carbons (Fsp3) is 0.455. The molecule has 0 aliphatic carbocycles. The summed E-state index contributed by atoms with van der Waals surface area (Å²) < 4.78 is 37.2. The number of hydrogen-bond acceptors (Lipinski definition) is 2. The molecule has 1 aromatic carbocycles. The predicted octanol–water partition coefficient (Wildman–Crippen LogP) is 3.49. The smallest absolute Gasteiger partial charge is 0.388 e. The molecule has 0 aromatic heterocycles. The standard InChI is InChI=1S/C11H13F3OS/c1-2-16-7-10(15)8-4-3-5-9(6-8)11(12,13)14/h3-6,10,15H,2,7H2,1H3. The van der Waals surface area contributed by atoms with Gasteiger partial charge in [-0.25, -0.2) is 0 Å². The molecule has 0 saturated carbocycles. The van der Waals surface area contributed by atoms with Crippen LogP contribution in [-0.4, -0.2) is 16.6 Å². The molecule has 1 rings (SSSR count). The van der Waals surface area contributed by atoms with Gasteiger partial charge < -0.3 is 5.11 Å². The summed E-state index contributed by atoms with van der Waals surface area (Å²) in [5.74, 6) is 1.24.